The summed E-state index contributed by atoms with van der Waals surface area (Å²) in [7, 11) is 0. The molecule has 3 unspecified atom stereocenters. The van der Waals surface area contributed by atoms with Gasteiger partial charge in [-0.05, 0) is 24.8 Å². The molecule has 1 fully saturated rings. The Bertz CT molecular complexity index is 624. The van der Waals surface area contributed by atoms with E-state index < -0.39 is 18.0 Å². The van der Waals surface area contributed by atoms with Gasteiger partial charge in [0.1, 0.15) is 5.75 Å². The van der Waals surface area contributed by atoms with Gasteiger partial charge in [0.15, 0.2) is 5.96 Å². The first-order valence-electron chi connectivity index (χ1n) is 8.80. The van der Waals surface area contributed by atoms with Crippen molar-refractivity contribution in [3.05, 3.63) is 29.8 Å². The van der Waals surface area contributed by atoms with Crippen LogP contribution in [0.3, 0.4) is 0 Å². The van der Waals surface area contributed by atoms with Crippen LogP contribution < -0.4 is 15.8 Å². The fourth-order valence-electron chi connectivity index (χ4n) is 3.79. The zero-order valence-electron chi connectivity index (χ0n) is 14.5. The number of rotatable bonds is 3. The SMILES string of the molecule is I.NC(=NCC1CCCCC1C(F)(F)F)NC1CCOc2ccccc21. The van der Waals surface area contributed by atoms with Crippen molar-refractivity contribution in [2.45, 2.75) is 44.3 Å². The average molecular weight is 483 g/mol. The Morgan fingerprint density at radius 3 is 2.69 bits per heavy atom. The number of nitrogens with two attached hydrogens (primary N) is 1. The van der Waals surface area contributed by atoms with E-state index in [1.54, 1.807) is 0 Å². The first kappa shape index (κ1) is 21.1. The largest absolute Gasteiger partial charge is 0.493 e. The van der Waals surface area contributed by atoms with E-state index in [-0.39, 0.29) is 48.9 Å². The van der Waals surface area contributed by atoms with Crippen molar-refractivity contribution in [1.29, 1.82) is 0 Å². The van der Waals surface area contributed by atoms with Crippen LogP contribution in [0.15, 0.2) is 29.3 Å². The molecule has 0 aromatic heterocycles. The van der Waals surface area contributed by atoms with Gasteiger partial charge in [0.05, 0.1) is 18.6 Å². The molecule has 3 rings (SSSR count). The molecule has 1 aromatic rings. The molecule has 26 heavy (non-hydrogen) atoms. The molecular formula is C18H25F3IN3O. The number of halogens is 4. The Balaban J connectivity index is 0.00000243. The molecule has 1 aliphatic carbocycles. The highest BCUT2D eigenvalue weighted by atomic mass is 127. The van der Waals surface area contributed by atoms with Gasteiger partial charge in [-0.15, -0.1) is 24.0 Å². The van der Waals surface area contributed by atoms with Crippen LogP contribution in [0.4, 0.5) is 13.2 Å². The lowest BCUT2D eigenvalue weighted by atomic mass is 9.79. The molecule has 1 saturated carbocycles. The number of hydrogen-bond donors (Lipinski definition) is 2. The van der Waals surface area contributed by atoms with Crippen molar-refractivity contribution in [3.63, 3.8) is 0 Å². The topological polar surface area (TPSA) is 59.6 Å². The Hall–Kier alpha value is -1.19. The van der Waals surface area contributed by atoms with E-state index in [1.165, 1.54) is 0 Å². The number of aliphatic imine (C=N–C) groups is 1. The predicted molar refractivity (Wildman–Crippen MR) is 106 cm³/mol. The molecule has 1 heterocycles. The van der Waals surface area contributed by atoms with Gasteiger partial charge in [0.2, 0.25) is 0 Å². The quantitative estimate of drug-likeness (QED) is 0.381. The molecule has 3 N–H and O–H groups in total. The molecule has 1 aromatic carbocycles. The number of guanidine groups is 1. The fourth-order valence-corrected chi connectivity index (χ4v) is 3.79. The van der Waals surface area contributed by atoms with Crippen LogP contribution in [0.1, 0.15) is 43.7 Å². The van der Waals surface area contributed by atoms with Gasteiger partial charge in [0.25, 0.3) is 0 Å². The summed E-state index contributed by atoms with van der Waals surface area (Å²) in [5.41, 5.74) is 6.95. The molecular weight excluding hydrogens is 458 g/mol. The molecule has 0 spiro atoms. The first-order chi connectivity index (χ1) is 11.9. The van der Waals surface area contributed by atoms with E-state index in [4.69, 9.17) is 10.5 Å². The van der Waals surface area contributed by atoms with Crippen LogP contribution in [0.2, 0.25) is 0 Å². The van der Waals surface area contributed by atoms with Gasteiger partial charge in [-0.3, -0.25) is 4.99 Å². The molecule has 0 saturated heterocycles. The maximum atomic E-state index is 13.1. The van der Waals surface area contributed by atoms with E-state index in [2.05, 4.69) is 10.3 Å². The fraction of sp³-hybridized carbons (Fsp3) is 0.611. The third-order valence-electron chi connectivity index (χ3n) is 5.11. The monoisotopic (exact) mass is 483 g/mol. The summed E-state index contributed by atoms with van der Waals surface area (Å²) in [5.74, 6) is -0.727. The zero-order chi connectivity index (χ0) is 17.9. The lowest BCUT2D eigenvalue weighted by molar-refractivity contribution is -0.195. The summed E-state index contributed by atoms with van der Waals surface area (Å²) in [6.07, 6.45) is -1.19. The molecule has 4 nitrogen and oxygen atoms in total. The third kappa shape index (κ3) is 5.17. The van der Waals surface area contributed by atoms with Crippen LogP contribution in [0.25, 0.3) is 0 Å². The molecule has 0 radical (unpaired) electrons. The minimum Gasteiger partial charge on any atom is -0.493 e. The molecule has 3 atom stereocenters. The van der Waals surface area contributed by atoms with Gasteiger partial charge >= 0.3 is 6.18 Å². The molecule has 0 amide bonds. The highest BCUT2D eigenvalue weighted by molar-refractivity contribution is 14.0. The second-order valence-corrected chi connectivity index (χ2v) is 6.79. The first-order valence-corrected chi connectivity index (χ1v) is 8.80. The number of nitrogens with zero attached hydrogens (tertiary/aromatic N) is 1. The smallest absolute Gasteiger partial charge is 0.392 e. The van der Waals surface area contributed by atoms with Gasteiger partial charge in [-0.2, -0.15) is 13.2 Å². The summed E-state index contributed by atoms with van der Waals surface area (Å²) >= 11 is 0. The summed E-state index contributed by atoms with van der Waals surface area (Å²) in [4.78, 5) is 4.22. The van der Waals surface area contributed by atoms with E-state index in [0.29, 0.717) is 19.4 Å². The van der Waals surface area contributed by atoms with Gasteiger partial charge < -0.3 is 15.8 Å². The summed E-state index contributed by atoms with van der Waals surface area (Å²) in [5, 5.41) is 3.13. The highest BCUT2D eigenvalue weighted by Gasteiger charge is 2.45. The number of alkyl halides is 3. The Morgan fingerprint density at radius 1 is 1.19 bits per heavy atom. The Morgan fingerprint density at radius 2 is 1.92 bits per heavy atom. The van der Waals surface area contributed by atoms with E-state index in [9.17, 15) is 13.2 Å². The number of ether oxygens (including phenoxy) is 1. The normalized spacial score (nSPS) is 26.3. The molecule has 1 aliphatic heterocycles. The second kappa shape index (κ2) is 9.14. The van der Waals surface area contributed by atoms with Gasteiger partial charge in [0, 0.05) is 18.5 Å². The maximum absolute atomic E-state index is 13.1. The van der Waals surface area contributed by atoms with Crippen molar-refractivity contribution in [3.8, 4) is 5.75 Å². The summed E-state index contributed by atoms with van der Waals surface area (Å²) < 4.78 is 45.0. The van der Waals surface area contributed by atoms with E-state index in [0.717, 1.165) is 24.2 Å². The minimum atomic E-state index is -4.15. The van der Waals surface area contributed by atoms with E-state index in [1.807, 2.05) is 24.3 Å². The lowest BCUT2D eigenvalue weighted by Gasteiger charge is -2.32. The Kier molecular flexibility index (Phi) is 7.42. The Labute approximate surface area is 168 Å². The number of para-hydroxylation sites is 1. The van der Waals surface area contributed by atoms with Crippen molar-refractivity contribution >= 4 is 29.9 Å². The number of fused-ring (bicyclic) bond motifs is 1. The average Bonchev–Trinajstić information content (AvgIpc) is 2.60. The lowest BCUT2D eigenvalue weighted by Crippen LogP contribution is -2.39. The molecule has 2 aliphatic rings. The second-order valence-electron chi connectivity index (χ2n) is 6.79. The molecule has 0 bridgehead atoms. The van der Waals surface area contributed by atoms with Crippen LogP contribution >= 0.6 is 24.0 Å². The van der Waals surface area contributed by atoms with Gasteiger partial charge in [-0.1, -0.05) is 31.0 Å². The van der Waals surface area contributed by atoms with Crippen LogP contribution in [0, 0.1) is 11.8 Å². The number of nitrogens with one attached hydrogen (secondary N) is 1. The standard InChI is InChI=1S/C18H24F3N3O.HI/c19-18(20,21)14-7-3-1-5-12(14)11-23-17(22)24-15-9-10-25-16-8-4-2-6-13(15)16;/h2,4,6,8,12,14-15H,1,3,5,7,9-11H2,(H3,22,23,24);1H. The summed E-state index contributed by atoms with van der Waals surface area (Å²) in [6, 6.07) is 7.65. The maximum Gasteiger partial charge on any atom is 0.392 e. The van der Waals surface area contributed by atoms with Crippen LogP contribution in [-0.2, 0) is 0 Å². The van der Waals surface area contributed by atoms with Crippen molar-refractivity contribution in [2.75, 3.05) is 13.2 Å². The van der Waals surface area contributed by atoms with E-state index >= 15 is 0 Å². The highest BCUT2D eigenvalue weighted by Crippen LogP contribution is 2.41. The van der Waals surface area contributed by atoms with Crippen molar-refractivity contribution < 1.29 is 17.9 Å². The van der Waals surface area contributed by atoms with Crippen molar-refractivity contribution in [1.82, 2.24) is 5.32 Å². The van der Waals surface area contributed by atoms with Crippen LogP contribution in [0.5, 0.6) is 5.75 Å². The van der Waals surface area contributed by atoms with Crippen LogP contribution in [-0.4, -0.2) is 25.3 Å². The number of hydrogen-bond acceptors (Lipinski definition) is 2. The molecule has 146 valence electrons. The minimum absolute atomic E-state index is 0. The molecule has 8 heteroatoms. The zero-order valence-corrected chi connectivity index (χ0v) is 16.8. The number of benzene rings is 1. The summed E-state index contributed by atoms with van der Waals surface area (Å²) in [6.45, 7) is 0.689. The van der Waals surface area contributed by atoms with Gasteiger partial charge in [-0.25, -0.2) is 0 Å². The predicted octanol–water partition coefficient (Wildman–Crippen LogP) is 4.40. The third-order valence-corrected chi connectivity index (χ3v) is 5.11. The van der Waals surface area contributed by atoms with Crippen molar-refractivity contribution in [2.24, 2.45) is 22.6 Å².